The highest BCUT2D eigenvalue weighted by atomic mass is 16.2. The summed E-state index contributed by atoms with van der Waals surface area (Å²) >= 11 is 0. The minimum Gasteiger partial charge on any atom is -0.361 e. The maximum atomic E-state index is 12.6. The van der Waals surface area contributed by atoms with Crippen molar-refractivity contribution in [3.05, 3.63) is 78.5 Å². The Kier molecular flexibility index (Phi) is 4.98. The van der Waals surface area contributed by atoms with Gasteiger partial charge in [0.25, 0.3) is 0 Å². The lowest BCUT2D eigenvalue weighted by Gasteiger charge is -2.18. The lowest BCUT2D eigenvalue weighted by Crippen LogP contribution is -2.30. The fraction of sp³-hybridized carbons (Fsp3) is 0.290. The summed E-state index contributed by atoms with van der Waals surface area (Å²) in [5, 5.41) is 1.23. The number of aromatic nitrogens is 3. The molecule has 5 heteroatoms. The molecule has 3 heterocycles. The Labute approximate surface area is 210 Å². The van der Waals surface area contributed by atoms with Crippen molar-refractivity contribution in [3.63, 3.8) is 0 Å². The number of imidazole rings is 1. The fourth-order valence-electron chi connectivity index (χ4n) is 5.71. The Hall–Kier alpha value is -3.86. The van der Waals surface area contributed by atoms with E-state index in [4.69, 9.17) is 4.98 Å². The van der Waals surface area contributed by atoms with Crippen molar-refractivity contribution in [2.45, 2.75) is 32.7 Å². The van der Waals surface area contributed by atoms with Crippen LogP contribution >= 0.6 is 0 Å². The first-order valence-electron chi connectivity index (χ1n) is 13.1. The molecule has 7 rings (SSSR count). The molecule has 0 bridgehead atoms. The van der Waals surface area contributed by atoms with Gasteiger partial charge in [0.2, 0.25) is 5.91 Å². The van der Waals surface area contributed by atoms with Crippen LogP contribution in [0.25, 0.3) is 44.5 Å². The summed E-state index contributed by atoms with van der Waals surface area (Å²) in [4.78, 5) is 23.1. The number of aryl methyl sites for hydroxylation is 1. The average molecular weight is 475 g/mol. The molecular formula is C31H30N4O. The zero-order valence-corrected chi connectivity index (χ0v) is 20.6. The molecule has 180 valence electrons. The number of nitrogens with zero attached hydrogens (tertiary/aromatic N) is 3. The Morgan fingerprint density at radius 3 is 2.58 bits per heavy atom. The predicted octanol–water partition coefficient (Wildman–Crippen LogP) is 6.42. The normalized spacial score (nSPS) is 17.9. The van der Waals surface area contributed by atoms with E-state index in [0.717, 1.165) is 61.3 Å². The van der Waals surface area contributed by atoms with Crippen molar-refractivity contribution < 1.29 is 4.79 Å². The molecular weight excluding hydrogens is 444 g/mol. The zero-order chi connectivity index (χ0) is 24.2. The lowest BCUT2D eigenvalue weighted by molar-refractivity contribution is -0.131. The second kappa shape index (κ2) is 8.37. The zero-order valence-electron chi connectivity index (χ0n) is 20.6. The molecule has 1 saturated carbocycles. The standard InChI is InChI=1S/C31H30N4O/c1-20-2-11-29-28(16-20)33-30(35(29)19-21-13-15-34(18-21)31(36)25-8-9-25)24-6-3-22(4-7-24)26-10-5-23-12-14-32-27(23)17-26/h2-7,10-12,14,16-17,21,25,32H,8-9,13,15,18-19H2,1H3/t21-/m0/s1. The smallest absolute Gasteiger partial charge is 0.225 e. The summed E-state index contributed by atoms with van der Waals surface area (Å²) in [6.45, 7) is 4.75. The number of benzene rings is 3. The maximum absolute atomic E-state index is 12.6. The van der Waals surface area contributed by atoms with Crippen LogP contribution in [0.3, 0.4) is 0 Å². The largest absolute Gasteiger partial charge is 0.361 e. The van der Waals surface area contributed by atoms with E-state index in [9.17, 15) is 4.79 Å². The van der Waals surface area contributed by atoms with Crippen LogP contribution in [0.5, 0.6) is 0 Å². The summed E-state index contributed by atoms with van der Waals surface area (Å²) in [5.41, 5.74) is 8.10. The third-order valence-electron chi connectivity index (χ3n) is 7.90. The van der Waals surface area contributed by atoms with Crippen LogP contribution in [0.2, 0.25) is 0 Å². The highest BCUT2D eigenvalue weighted by Gasteiger charge is 2.36. The highest BCUT2D eigenvalue weighted by Crippen LogP contribution is 2.34. The Morgan fingerprint density at radius 2 is 1.75 bits per heavy atom. The molecule has 1 aliphatic heterocycles. The summed E-state index contributed by atoms with van der Waals surface area (Å²) in [6.07, 6.45) is 5.19. The first-order valence-corrected chi connectivity index (χ1v) is 13.1. The number of carbonyl (C=O) groups excluding carboxylic acids is 1. The number of likely N-dealkylation sites (tertiary alicyclic amines) is 1. The van der Waals surface area contributed by atoms with Gasteiger partial charge in [-0.3, -0.25) is 4.79 Å². The molecule has 1 amide bonds. The van der Waals surface area contributed by atoms with Crippen LogP contribution in [-0.2, 0) is 11.3 Å². The van der Waals surface area contributed by atoms with Gasteiger partial charge in [-0.2, -0.15) is 0 Å². The van der Waals surface area contributed by atoms with Gasteiger partial charge in [-0.25, -0.2) is 4.98 Å². The van der Waals surface area contributed by atoms with Gasteiger partial charge in [0.1, 0.15) is 5.82 Å². The Balaban J connectivity index is 1.21. The van der Waals surface area contributed by atoms with E-state index in [1.54, 1.807) is 0 Å². The molecule has 1 saturated heterocycles. The minimum absolute atomic E-state index is 0.299. The number of fused-ring (bicyclic) bond motifs is 2. The quantitative estimate of drug-likeness (QED) is 0.320. The molecule has 36 heavy (non-hydrogen) atoms. The summed E-state index contributed by atoms with van der Waals surface area (Å²) in [7, 11) is 0. The number of hydrogen-bond donors (Lipinski definition) is 1. The molecule has 5 aromatic rings. The van der Waals surface area contributed by atoms with Crippen molar-refractivity contribution in [2.24, 2.45) is 11.8 Å². The lowest BCUT2D eigenvalue weighted by atomic mass is 10.0. The van der Waals surface area contributed by atoms with Crippen LogP contribution in [0.15, 0.2) is 72.9 Å². The number of aromatic amines is 1. The summed E-state index contributed by atoms with van der Waals surface area (Å²) in [6, 6.07) is 24.0. The molecule has 2 aromatic heterocycles. The SMILES string of the molecule is Cc1ccc2c(c1)nc(-c1ccc(-c3ccc4cc[nH]c4c3)cc1)n2C[C@H]1CCN(C(=O)C2CC2)C1. The first kappa shape index (κ1) is 21.4. The van der Waals surface area contributed by atoms with Crippen molar-refractivity contribution in [3.8, 4) is 22.5 Å². The van der Waals surface area contributed by atoms with Crippen molar-refractivity contribution in [1.82, 2.24) is 19.4 Å². The van der Waals surface area contributed by atoms with Gasteiger partial charge in [-0.05, 0) is 78.4 Å². The molecule has 1 aliphatic carbocycles. The van der Waals surface area contributed by atoms with Crippen molar-refractivity contribution >= 4 is 27.8 Å². The van der Waals surface area contributed by atoms with Crippen LogP contribution < -0.4 is 0 Å². The van der Waals surface area contributed by atoms with Gasteiger partial charge in [0, 0.05) is 42.8 Å². The van der Waals surface area contributed by atoms with E-state index in [1.807, 2.05) is 6.20 Å². The van der Waals surface area contributed by atoms with Gasteiger partial charge < -0.3 is 14.5 Å². The predicted molar refractivity (Wildman–Crippen MR) is 145 cm³/mol. The summed E-state index contributed by atoms with van der Waals surface area (Å²) < 4.78 is 2.38. The van der Waals surface area contributed by atoms with Crippen LogP contribution in [0, 0.1) is 18.8 Å². The van der Waals surface area contributed by atoms with Gasteiger partial charge in [-0.15, -0.1) is 0 Å². The van der Waals surface area contributed by atoms with E-state index in [-0.39, 0.29) is 0 Å². The number of carbonyl (C=O) groups is 1. The second-order valence-corrected chi connectivity index (χ2v) is 10.6. The molecule has 2 fully saturated rings. The molecule has 0 spiro atoms. The van der Waals surface area contributed by atoms with E-state index < -0.39 is 0 Å². The fourth-order valence-corrected chi connectivity index (χ4v) is 5.71. The Bertz CT molecular complexity index is 1590. The highest BCUT2D eigenvalue weighted by molar-refractivity contribution is 5.86. The number of rotatable bonds is 5. The molecule has 2 aliphatic rings. The Morgan fingerprint density at radius 1 is 0.944 bits per heavy atom. The third kappa shape index (κ3) is 3.79. The van der Waals surface area contributed by atoms with Gasteiger partial charge in [0.05, 0.1) is 11.0 Å². The van der Waals surface area contributed by atoms with Gasteiger partial charge >= 0.3 is 0 Å². The maximum Gasteiger partial charge on any atom is 0.225 e. The van der Waals surface area contributed by atoms with Gasteiger partial charge in [-0.1, -0.05) is 42.5 Å². The summed E-state index contributed by atoms with van der Waals surface area (Å²) in [5.74, 6) is 2.13. The molecule has 5 nitrogen and oxygen atoms in total. The van der Waals surface area contributed by atoms with Crippen LogP contribution in [-0.4, -0.2) is 38.4 Å². The minimum atomic E-state index is 0.299. The van der Waals surface area contributed by atoms with Crippen molar-refractivity contribution in [2.75, 3.05) is 13.1 Å². The van der Waals surface area contributed by atoms with E-state index in [0.29, 0.717) is 17.7 Å². The first-order chi connectivity index (χ1) is 17.6. The monoisotopic (exact) mass is 474 g/mol. The van der Waals surface area contributed by atoms with Crippen LogP contribution in [0.4, 0.5) is 0 Å². The average Bonchev–Trinajstić information content (AvgIpc) is 3.30. The number of nitrogens with one attached hydrogen (secondary N) is 1. The molecule has 3 aromatic carbocycles. The number of hydrogen-bond acceptors (Lipinski definition) is 2. The van der Waals surface area contributed by atoms with E-state index in [2.05, 4.69) is 88.1 Å². The topological polar surface area (TPSA) is 53.9 Å². The molecule has 1 N–H and O–H groups in total. The molecule has 1 atom stereocenters. The molecule has 0 radical (unpaired) electrons. The molecule has 0 unspecified atom stereocenters. The van der Waals surface area contributed by atoms with E-state index >= 15 is 0 Å². The third-order valence-corrected chi connectivity index (χ3v) is 7.90. The van der Waals surface area contributed by atoms with Crippen LogP contribution in [0.1, 0.15) is 24.8 Å². The van der Waals surface area contributed by atoms with Gasteiger partial charge in [0.15, 0.2) is 0 Å². The second-order valence-electron chi connectivity index (χ2n) is 10.6. The van der Waals surface area contributed by atoms with E-state index in [1.165, 1.54) is 27.6 Å². The number of H-pyrrole nitrogens is 1. The van der Waals surface area contributed by atoms with Crippen molar-refractivity contribution in [1.29, 1.82) is 0 Å². The number of amides is 1.